The van der Waals surface area contributed by atoms with Gasteiger partial charge in [-0.05, 0) is 0 Å². The van der Waals surface area contributed by atoms with Crippen molar-refractivity contribution < 1.29 is 13.2 Å². The Morgan fingerprint density at radius 1 is 1.33 bits per heavy atom. The first-order chi connectivity index (χ1) is 8.40. The molecule has 18 heavy (non-hydrogen) atoms. The first-order valence-electron chi connectivity index (χ1n) is 5.20. The second-order valence-corrected chi connectivity index (χ2v) is 3.85. The van der Waals surface area contributed by atoms with E-state index in [4.69, 9.17) is 0 Å². The fourth-order valence-electron chi connectivity index (χ4n) is 1.65. The molecular formula is C10H12F3N5. The molecule has 0 aliphatic heterocycles. The molecule has 2 aromatic heterocycles. The first-order valence-corrected chi connectivity index (χ1v) is 5.20. The van der Waals surface area contributed by atoms with Crippen LogP contribution in [-0.4, -0.2) is 26.6 Å². The SMILES string of the molecule is CNc1cnn(Cc2cn(C)nc2C(F)(F)F)c1. The summed E-state index contributed by atoms with van der Waals surface area (Å²) in [7, 11) is 3.17. The lowest BCUT2D eigenvalue weighted by molar-refractivity contribution is -0.142. The van der Waals surface area contributed by atoms with Crippen LogP contribution in [0.1, 0.15) is 11.3 Å². The van der Waals surface area contributed by atoms with Crippen molar-refractivity contribution in [3.05, 3.63) is 29.8 Å². The lowest BCUT2D eigenvalue weighted by Crippen LogP contribution is -2.11. The minimum absolute atomic E-state index is 0.0321. The summed E-state index contributed by atoms with van der Waals surface area (Å²) in [6.07, 6.45) is 0.0793. The maximum atomic E-state index is 12.7. The van der Waals surface area contributed by atoms with Crippen LogP contribution in [0.2, 0.25) is 0 Å². The summed E-state index contributed by atoms with van der Waals surface area (Å²) in [6, 6.07) is 0. The minimum Gasteiger partial charge on any atom is -0.386 e. The smallest absolute Gasteiger partial charge is 0.386 e. The summed E-state index contributed by atoms with van der Waals surface area (Å²) < 4.78 is 40.7. The lowest BCUT2D eigenvalue weighted by atomic mass is 10.2. The Hall–Kier alpha value is -1.99. The molecule has 0 radical (unpaired) electrons. The van der Waals surface area contributed by atoms with Gasteiger partial charge in [0.05, 0.1) is 18.4 Å². The highest BCUT2D eigenvalue weighted by molar-refractivity contribution is 5.37. The fourth-order valence-corrected chi connectivity index (χ4v) is 1.65. The van der Waals surface area contributed by atoms with E-state index >= 15 is 0 Å². The topological polar surface area (TPSA) is 47.7 Å². The minimum atomic E-state index is -4.45. The van der Waals surface area contributed by atoms with Crippen molar-refractivity contribution in [3.8, 4) is 0 Å². The molecule has 0 fully saturated rings. The molecule has 0 saturated carbocycles. The van der Waals surface area contributed by atoms with Crippen molar-refractivity contribution >= 4 is 5.69 Å². The number of rotatable bonds is 3. The third-order valence-corrected chi connectivity index (χ3v) is 2.43. The van der Waals surface area contributed by atoms with Gasteiger partial charge in [-0.1, -0.05) is 0 Å². The maximum absolute atomic E-state index is 12.7. The van der Waals surface area contributed by atoms with E-state index in [0.29, 0.717) is 0 Å². The van der Waals surface area contributed by atoms with Gasteiger partial charge in [0.15, 0.2) is 5.69 Å². The predicted octanol–water partition coefficient (Wildman–Crippen LogP) is 1.73. The highest BCUT2D eigenvalue weighted by Gasteiger charge is 2.36. The van der Waals surface area contributed by atoms with E-state index in [9.17, 15) is 13.2 Å². The number of hydrogen-bond donors (Lipinski definition) is 1. The van der Waals surface area contributed by atoms with Crippen molar-refractivity contribution in [3.63, 3.8) is 0 Å². The van der Waals surface area contributed by atoms with Crippen LogP contribution in [0.5, 0.6) is 0 Å². The van der Waals surface area contributed by atoms with Crippen molar-refractivity contribution in [1.82, 2.24) is 19.6 Å². The van der Waals surface area contributed by atoms with Crippen LogP contribution in [0.3, 0.4) is 0 Å². The molecule has 0 aliphatic rings. The van der Waals surface area contributed by atoms with Gasteiger partial charge >= 0.3 is 6.18 Å². The van der Waals surface area contributed by atoms with Crippen molar-refractivity contribution in [2.24, 2.45) is 7.05 Å². The average molecular weight is 259 g/mol. The number of aryl methyl sites for hydroxylation is 1. The Morgan fingerprint density at radius 2 is 2.06 bits per heavy atom. The molecule has 0 aliphatic carbocycles. The zero-order chi connectivity index (χ0) is 13.3. The molecule has 0 saturated heterocycles. The van der Waals surface area contributed by atoms with Gasteiger partial charge in [-0.2, -0.15) is 23.4 Å². The molecule has 0 spiro atoms. The molecule has 2 aromatic rings. The molecule has 0 amide bonds. The third-order valence-electron chi connectivity index (χ3n) is 2.43. The van der Waals surface area contributed by atoms with E-state index in [0.717, 1.165) is 10.4 Å². The molecular weight excluding hydrogens is 247 g/mol. The number of hydrogen-bond acceptors (Lipinski definition) is 3. The van der Waals surface area contributed by atoms with Crippen LogP contribution in [0.4, 0.5) is 18.9 Å². The van der Waals surface area contributed by atoms with Gasteiger partial charge in [-0.25, -0.2) is 0 Å². The van der Waals surface area contributed by atoms with E-state index in [-0.39, 0.29) is 12.1 Å². The van der Waals surface area contributed by atoms with Crippen LogP contribution in [0.15, 0.2) is 18.6 Å². The summed E-state index contributed by atoms with van der Waals surface area (Å²) in [5.41, 5.74) is -0.0327. The molecule has 0 atom stereocenters. The van der Waals surface area contributed by atoms with E-state index in [1.165, 1.54) is 17.9 Å². The molecule has 0 bridgehead atoms. The number of anilines is 1. The average Bonchev–Trinajstić information content (AvgIpc) is 2.85. The Labute approximate surface area is 101 Å². The molecule has 98 valence electrons. The zero-order valence-electron chi connectivity index (χ0n) is 9.86. The molecule has 2 rings (SSSR count). The quantitative estimate of drug-likeness (QED) is 0.913. The second-order valence-electron chi connectivity index (χ2n) is 3.85. The molecule has 2 heterocycles. The van der Waals surface area contributed by atoms with Gasteiger partial charge in [0, 0.05) is 32.1 Å². The predicted molar refractivity (Wildman–Crippen MR) is 59.1 cm³/mol. The Kier molecular flexibility index (Phi) is 3.02. The molecule has 1 N–H and O–H groups in total. The van der Waals surface area contributed by atoms with Gasteiger partial charge in [0.25, 0.3) is 0 Å². The number of nitrogens with one attached hydrogen (secondary N) is 1. The normalized spacial score (nSPS) is 11.8. The molecule has 0 aromatic carbocycles. The highest BCUT2D eigenvalue weighted by atomic mass is 19.4. The van der Waals surface area contributed by atoms with Crippen LogP contribution in [0, 0.1) is 0 Å². The molecule has 8 heteroatoms. The summed E-state index contributed by atoms with van der Waals surface area (Å²) in [6.45, 7) is 0.0321. The second kappa shape index (κ2) is 4.35. The van der Waals surface area contributed by atoms with E-state index in [2.05, 4.69) is 15.5 Å². The Bertz CT molecular complexity index is 540. The van der Waals surface area contributed by atoms with E-state index in [1.54, 1.807) is 19.4 Å². The molecule has 0 unspecified atom stereocenters. The Balaban J connectivity index is 2.28. The van der Waals surface area contributed by atoms with E-state index < -0.39 is 11.9 Å². The maximum Gasteiger partial charge on any atom is 0.435 e. The van der Waals surface area contributed by atoms with E-state index in [1.807, 2.05) is 0 Å². The van der Waals surface area contributed by atoms with Crippen LogP contribution in [-0.2, 0) is 19.8 Å². The van der Waals surface area contributed by atoms with Gasteiger partial charge < -0.3 is 5.32 Å². The lowest BCUT2D eigenvalue weighted by Gasteiger charge is -2.05. The number of alkyl halides is 3. The third kappa shape index (κ3) is 2.47. The van der Waals surface area contributed by atoms with Gasteiger partial charge in [0.2, 0.25) is 0 Å². The van der Waals surface area contributed by atoms with Gasteiger partial charge in [0.1, 0.15) is 0 Å². The largest absolute Gasteiger partial charge is 0.435 e. The standard InChI is InChI=1S/C10H12F3N5/c1-14-8-3-15-18(6-8)5-7-4-17(2)16-9(7)10(11,12)13/h3-4,6,14H,5H2,1-2H3. The van der Waals surface area contributed by atoms with Crippen LogP contribution < -0.4 is 5.32 Å². The summed E-state index contributed by atoms with van der Waals surface area (Å²) >= 11 is 0. The highest BCUT2D eigenvalue weighted by Crippen LogP contribution is 2.30. The van der Waals surface area contributed by atoms with Crippen LogP contribution >= 0.6 is 0 Å². The Morgan fingerprint density at radius 3 is 2.61 bits per heavy atom. The van der Waals surface area contributed by atoms with Crippen molar-refractivity contribution in [2.75, 3.05) is 12.4 Å². The van der Waals surface area contributed by atoms with Crippen LogP contribution in [0.25, 0.3) is 0 Å². The molecule has 5 nitrogen and oxygen atoms in total. The number of nitrogens with zero attached hydrogens (tertiary/aromatic N) is 4. The fraction of sp³-hybridized carbons (Fsp3) is 0.400. The van der Waals surface area contributed by atoms with Gasteiger partial charge in [-0.3, -0.25) is 9.36 Å². The van der Waals surface area contributed by atoms with Crippen molar-refractivity contribution in [2.45, 2.75) is 12.7 Å². The van der Waals surface area contributed by atoms with Crippen molar-refractivity contribution in [1.29, 1.82) is 0 Å². The van der Waals surface area contributed by atoms with Gasteiger partial charge in [-0.15, -0.1) is 0 Å². The first kappa shape index (κ1) is 12.5. The zero-order valence-corrected chi connectivity index (χ0v) is 9.86. The summed E-state index contributed by atoms with van der Waals surface area (Å²) in [5.74, 6) is 0. The number of halogens is 3. The number of aromatic nitrogens is 4. The monoisotopic (exact) mass is 259 g/mol. The summed E-state index contributed by atoms with van der Waals surface area (Å²) in [5, 5.41) is 10.3. The summed E-state index contributed by atoms with van der Waals surface area (Å²) in [4.78, 5) is 0.